The van der Waals surface area contributed by atoms with Crippen molar-refractivity contribution in [3.05, 3.63) is 16.9 Å². The van der Waals surface area contributed by atoms with E-state index in [1.165, 1.54) is 21.9 Å². The molecule has 0 aliphatic carbocycles. The molecule has 2 heterocycles. The molecule has 2 aromatic rings. The zero-order valence-electron chi connectivity index (χ0n) is 15.8. The van der Waals surface area contributed by atoms with E-state index in [4.69, 9.17) is 9.47 Å². The van der Waals surface area contributed by atoms with Crippen molar-refractivity contribution in [2.45, 2.75) is 12.8 Å². The molecule has 27 heavy (non-hydrogen) atoms. The number of aromatic nitrogens is 1. The fourth-order valence-corrected chi connectivity index (χ4v) is 5.30. The van der Waals surface area contributed by atoms with Gasteiger partial charge in [-0.1, -0.05) is 11.3 Å². The van der Waals surface area contributed by atoms with Crippen LogP contribution in [0.5, 0.6) is 11.5 Å². The van der Waals surface area contributed by atoms with Crippen LogP contribution in [0.1, 0.15) is 12.8 Å². The van der Waals surface area contributed by atoms with Crippen molar-refractivity contribution >= 4 is 37.5 Å². The quantitative estimate of drug-likeness (QED) is 0.755. The third kappa shape index (κ3) is 3.87. The molecule has 8 nitrogen and oxygen atoms in total. The first-order chi connectivity index (χ1) is 12.8. The van der Waals surface area contributed by atoms with Crippen LogP contribution in [0.15, 0.2) is 17.1 Å². The molecule has 1 amide bonds. The van der Waals surface area contributed by atoms with E-state index in [9.17, 15) is 13.2 Å². The number of benzene rings is 1. The smallest absolute Gasteiger partial charge is 0.252 e. The van der Waals surface area contributed by atoms with Crippen LogP contribution in [0.25, 0.3) is 10.2 Å². The minimum atomic E-state index is -3.31. The van der Waals surface area contributed by atoms with E-state index >= 15 is 0 Å². The van der Waals surface area contributed by atoms with Crippen molar-refractivity contribution < 1.29 is 22.7 Å². The number of hydrogen-bond donors (Lipinski definition) is 0. The molecule has 1 saturated heterocycles. The van der Waals surface area contributed by atoms with Gasteiger partial charge >= 0.3 is 0 Å². The van der Waals surface area contributed by atoms with Gasteiger partial charge in [-0.25, -0.2) is 12.7 Å². The molecule has 10 heteroatoms. The third-order valence-corrected chi connectivity index (χ3v) is 7.14. The topological polar surface area (TPSA) is 90.2 Å². The predicted octanol–water partition coefficient (Wildman–Crippen LogP) is 1.36. The number of ether oxygens (including phenoxy) is 2. The number of thiazole rings is 1. The lowest BCUT2D eigenvalue weighted by molar-refractivity contribution is -0.122. The van der Waals surface area contributed by atoms with E-state index in [1.807, 2.05) is 19.2 Å². The Morgan fingerprint density at radius 1 is 1.26 bits per heavy atom. The summed E-state index contributed by atoms with van der Waals surface area (Å²) in [5, 5.41) is 0. The number of carbonyl (C=O) groups is 1. The van der Waals surface area contributed by atoms with Gasteiger partial charge in [-0.3, -0.25) is 4.79 Å². The van der Waals surface area contributed by atoms with Crippen LogP contribution in [0.3, 0.4) is 0 Å². The second-order valence-electron chi connectivity index (χ2n) is 6.50. The molecule has 0 radical (unpaired) electrons. The summed E-state index contributed by atoms with van der Waals surface area (Å²) in [4.78, 5) is 17.5. The average molecular weight is 414 g/mol. The third-order valence-electron chi connectivity index (χ3n) is 4.72. The number of rotatable bonds is 4. The monoisotopic (exact) mass is 413 g/mol. The van der Waals surface area contributed by atoms with Crippen molar-refractivity contribution in [1.29, 1.82) is 0 Å². The van der Waals surface area contributed by atoms with Crippen LogP contribution in [-0.4, -0.2) is 56.8 Å². The Kier molecular flexibility index (Phi) is 5.59. The molecule has 1 aromatic carbocycles. The molecule has 3 rings (SSSR count). The molecule has 1 aliphatic heterocycles. The van der Waals surface area contributed by atoms with Crippen LogP contribution in [0.2, 0.25) is 0 Å². The number of piperidine rings is 1. The molecule has 0 saturated carbocycles. The van der Waals surface area contributed by atoms with Gasteiger partial charge in [-0.15, -0.1) is 0 Å². The highest BCUT2D eigenvalue weighted by molar-refractivity contribution is 7.88. The molecule has 148 valence electrons. The van der Waals surface area contributed by atoms with Gasteiger partial charge in [-0.2, -0.15) is 4.99 Å². The lowest BCUT2D eigenvalue weighted by Gasteiger charge is -2.28. The number of fused-ring (bicyclic) bond motifs is 1. The summed E-state index contributed by atoms with van der Waals surface area (Å²) < 4.78 is 38.4. The summed E-state index contributed by atoms with van der Waals surface area (Å²) in [7, 11) is 1.68. The van der Waals surface area contributed by atoms with Crippen LogP contribution in [0, 0.1) is 5.92 Å². The maximum absolute atomic E-state index is 12.7. The fourth-order valence-electron chi connectivity index (χ4n) is 3.26. The molecule has 1 atom stereocenters. The summed E-state index contributed by atoms with van der Waals surface area (Å²) in [5.74, 6) is 0.617. The Labute approximate surface area is 162 Å². The fraction of sp³-hybridized carbons (Fsp3) is 0.529. The predicted molar refractivity (Wildman–Crippen MR) is 104 cm³/mol. The number of sulfonamides is 1. The number of aryl methyl sites for hydroxylation is 1. The van der Waals surface area contributed by atoms with E-state index in [-0.39, 0.29) is 12.5 Å². The number of nitrogens with zero attached hydrogens (tertiary/aromatic N) is 3. The first-order valence-corrected chi connectivity index (χ1v) is 11.2. The highest BCUT2D eigenvalue weighted by Crippen LogP contribution is 2.34. The van der Waals surface area contributed by atoms with E-state index in [0.717, 1.165) is 10.2 Å². The Balaban J connectivity index is 2.00. The average Bonchev–Trinajstić information content (AvgIpc) is 2.97. The van der Waals surface area contributed by atoms with E-state index in [2.05, 4.69) is 4.99 Å². The Bertz CT molecular complexity index is 1040. The number of methoxy groups -OCH3 is 2. The zero-order valence-corrected chi connectivity index (χ0v) is 17.4. The van der Waals surface area contributed by atoms with Gasteiger partial charge in [0.15, 0.2) is 4.80 Å². The standard InChI is InChI=1S/C17H23N3O5S2/c1-19-14-12(24-2)7-8-13(25-3)15(14)26-17(19)18-16(21)11-6-5-9-20(10-11)27(4,22)23/h7-8,11H,5-6,9-10H2,1-4H3/t11-/m1/s1. The second-order valence-corrected chi connectivity index (χ2v) is 9.46. The second kappa shape index (κ2) is 7.61. The highest BCUT2D eigenvalue weighted by atomic mass is 32.2. The van der Waals surface area contributed by atoms with Crippen LogP contribution in [-0.2, 0) is 21.9 Å². The van der Waals surface area contributed by atoms with Gasteiger partial charge in [0.1, 0.15) is 21.7 Å². The van der Waals surface area contributed by atoms with E-state index in [0.29, 0.717) is 35.7 Å². The Hall–Kier alpha value is -1.91. The minimum absolute atomic E-state index is 0.183. The first kappa shape index (κ1) is 19.8. The summed E-state index contributed by atoms with van der Waals surface area (Å²) in [5.41, 5.74) is 0.801. The van der Waals surface area contributed by atoms with Gasteiger partial charge in [-0.05, 0) is 25.0 Å². The lowest BCUT2D eigenvalue weighted by Crippen LogP contribution is -2.41. The largest absolute Gasteiger partial charge is 0.495 e. The maximum atomic E-state index is 12.7. The number of hydrogen-bond acceptors (Lipinski definition) is 6. The highest BCUT2D eigenvalue weighted by Gasteiger charge is 2.30. The van der Waals surface area contributed by atoms with Crippen molar-refractivity contribution in [3.63, 3.8) is 0 Å². The molecule has 0 unspecified atom stereocenters. The minimum Gasteiger partial charge on any atom is -0.495 e. The Morgan fingerprint density at radius 3 is 2.56 bits per heavy atom. The molecule has 0 bridgehead atoms. The van der Waals surface area contributed by atoms with Gasteiger partial charge in [0.25, 0.3) is 5.91 Å². The summed E-state index contributed by atoms with van der Waals surface area (Å²) >= 11 is 1.34. The van der Waals surface area contributed by atoms with Gasteiger partial charge < -0.3 is 14.0 Å². The van der Waals surface area contributed by atoms with Crippen LogP contribution >= 0.6 is 11.3 Å². The van der Waals surface area contributed by atoms with Crippen molar-refractivity contribution in [2.75, 3.05) is 33.6 Å². The normalized spacial score (nSPS) is 19.4. The molecule has 0 N–H and O–H groups in total. The van der Waals surface area contributed by atoms with Gasteiger partial charge in [0, 0.05) is 20.1 Å². The van der Waals surface area contributed by atoms with Crippen molar-refractivity contribution in [2.24, 2.45) is 18.0 Å². The summed E-state index contributed by atoms with van der Waals surface area (Å²) in [6.07, 6.45) is 2.45. The van der Waals surface area contributed by atoms with Crippen molar-refractivity contribution in [3.8, 4) is 11.5 Å². The number of carbonyl (C=O) groups excluding carboxylic acids is 1. The maximum Gasteiger partial charge on any atom is 0.252 e. The molecule has 0 spiro atoms. The summed E-state index contributed by atoms with van der Waals surface area (Å²) in [6.45, 7) is 0.635. The molecule has 1 aliphatic rings. The molecule has 1 aromatic heterocycles. The molecular weight excluding hydrogens is 390 g/mol. The first-order valence-electron chi connectivity index (χ1n) is 8.50. The lowest BCUT2D eigenvalue weighted by atomic mass is 9.99. The van der Waals surface area contributed by atoms with E-state index in [1.54, 1.807) is 18.8 Å². The zero-order chi connectivity index (χ0) is 19.8. The van der Waals surface area contributed by atoms with Gasteiger partial charge in [0.2, 0.25) is 10.0 Å². The number of amides is 1. The Morgan fingerprint density at radius 2 is 1.93 bits per heavy atom. The van der Waals surface area contributed by atoms with Gasteiger partial charge in [0.05, 0.1) is 26.4 Å². The SMILES string of the molecule is COc1ccc(OC)c2c1sc(=NC(=O)[C@@H]1CCCN(S(C)(=O)=O)C1)n2C. The van der Waals surface area contributed by atoms with Crippen LogP contribution < -0.4 is 14.3 Å². The summed E-state index contributed by atoms with van der Waals surface area (Å²) in [6, 6.07) is 3.62. The van der Waals surface area contributed by atoms with E-state index < -0.39 is 15.9 Å². The molecular formula is C17H23N3O5S2. The van der Waals surface area contributed by atoms with Crippen LogP contribution in [0.4, 0.5) is 0 Å². The molecule has 1 fully saturated rings. The van der Waals surface area contributed by atoms with Crippen molar-refractivity contribution in [1.82, 2.24) is 8.87 Å².